The first-order valence-corrected chi connectivity index (χ1v) is 33.3. The quantitative estimate of drug-likeness (QED) is 0.0592. The first-order valence-electron chi connectivity index (χ1n) is 24.1. The number of aliphatic hydroxyl groups excluding tert-OH is 1. The maximum absolute atomic E-state index is 15.2. The van der Waals surface area contributed by atoms with E-state index in [9.17, 15) is 73.4 Å². The molecule has 10 rings (SSSR count). The van der Waals surface area contributed by atoms with Crippen molar-refractivity contribution < 1.29 is 77.3 Å². The lowest BCUT2D eigenvalue weighted by Crippen LogP contribution is -2.73. The zero-order valence-corrected chi connectivity index (χ0v) is 48.5. The second-order valence-electron chi connectivity index (χ2n) is 20.4. The fraction of sp³-hybridized carbons (Fsp3) is 0.375. The third-order valence-electron chi connectivity index (χ3n) is 15.0. The Labute approximate surface area is 468 Å². The molecule has 1 N–H and O–H groups in total. The normalized spacial score (nSPS) is 22.9. The number of amides is 2. The van der Waals surface area contributed by atoms with Crippen LogP contribution in [0.15, 0.2) is 92.7 Å². The number of ether oxygens (including phenoxy) is 2. The zero-order chi connectivity index (χ0) is 59.3. The number of nitro benzene ring substituents is 2. The molecule has 2 fully saturated rings. The second kappa shape index (κ2) is 19.2. The van der Waals surface area contributed by atoms with E-state index in [2.05, 4.69) is 9.97 Å². The number of aromatic nitrogens is 4. The lowest BCUT2D eigenvalue weighted by Gasteiger charge is -2.56. The number of non-ortho nitro benzene ring substituents is 2. The fourth-order valence-electron chi connectivity index (χ4n) is 11.5. The van der Waals surface area contributed by atoms with E-state index in [0.29, 0.717) is 11.1 Å². The molecule has 8 heterocycles. The lowest BCUT2D eigenvalue weighted by atomic mass is 9.61. The van der Waals surface area contributed by atoms with Crippen LogP contribution in [0.5, 0.6) is 0 Å². The number of aliphatic hydroxyl groups is 1. The summed E-state index contributed by atoms with van der Waals surface area (Å²) in [6, 6.07) is 8.27. The number of sulfone groups is 4. The number of hydrogen-bond acceptors (Lipinski definition) is 23. The summed E-state index contributed by atoms with van der Waals surface area (Å²) in [5.41, 5.74) is -2.02. The van der Waals surface area contributed by atoms with Gasteiger partial charge in [0.25, 0.3) is 11.4 Å². The molecule has 0 saturated carbocycles. The largest absolute Gasteiger partial charge is 0.457 e. The summed E-state index contributed by atoms with van der Waals surface area (Å²) < 4.78 is 118. The lowest BCUT2D eigenvalue weighted by molar-refractivity contribution is -0.385. The Morgan fingerprint density at radius 1 is 0.691 bits per heavy atom. The van der Waals surface area contributed by atoms with Crippen LogP contribution in [0.25, 0.3) is 20.8 Å². The van der Waals surface area contributed by atoms with Gasteiger partial charge in [0.1, 0.15) is 39.2 Å². The topological polar surface area (TPSA) is 371 Å². The number of nitro groups is 2. The number of nitrogens with zero attached hydrogens (tertiary/aromatic N) is 8. The number of rotatable bonds is 17. The molecule has 33 heteroatoms. The van der Waals surface area contributed by atoms with Crippen LogP contribution < -0.4 is 0 Å². The highest BCUT2D eigenvalue weighted by molar-refractivity contribution is 7.92. The number of benzene rings is 2. The SMILES string of the molecule is CC1C(c2cn3c(S(C)(=O)=O)nc(S(C)(=O)=O)c3s2)=C(C(=O)OCc2ccc([N+](=O)[O-])cc2)N2C(=O)C([C@@H](C)OC(=O)C3=C(c4cn5c(S(C)(=O)=O)nc(S(C)(=O)=O)c5s4)[C@H](C)[C@@H]4N3C(=O)[C@]4(Cc3ccc([N+](=O)[O-])cc3)[C@@H](C)O)[C@H]12. The maximum Gasteiger partial charge on any atom is 0.355 e. The van der Waals surface area contributed by atoms with Crippen molar-refractivity contribution in [2.75, 3.05) is 25.0 Å². The molecule has 428 valence electrons. The van der Waals surface area contributed by atoms with Crippen molar-refractivity contribution in [1.29, 1.82) is 0 Å². The molecule has 4 aliphatic heterocycles. The number of fused-ring (bicyclic) bond motifs is 4. The van der Waals surface area contributed by atoms with Gasteiger partial charge in [0.2, 0.25) is 41.8 Å². The van der Waals surface area contributed by atoms with Gasteiger partial charge in [-0.25, -0.2) is 53.2 Å². The minimum atomic E-state index is -4.22. The van der Waals surface area contributed by atoms with Crippen LogP contribution in [0.4, 0.5) is 11.4 Å². The molecular weight excluding hydrogens is 1180 g/mol. The highest BCUT2D eigenvalue weighted by Gasteiger charge is 2.70. The van der Waals surface area contributed by atoms with Crippen LogP contribution in [-0.4, -0.2) is 150 Å². The van der Waals surface area contributed by atoms with Gasteiger partial charge in [-0.15, -0.1) is 22.7 Å². The van der Waals surface area contributed by atoms with Crippen molar-refractivity contribution in [2.45, 2.75) is 85.4 Å². The van der Waals surface area contributed by atoms with Gasteiger partial charge < -0.3 is 24.4 Å². The van der Waals surface area contributed by atoms with Gasteiger partial charge in [-0.2, -0.15) is 0 Å². The predicted molar refractivity (Wildman–Crippen MR) is 285 cm³/mol. The van der Waals surface area contributed by atoms with Crippen LogP contribution in [-0.2, 0) is 81.0 Å². The first kappa shape index (κ1) is 57.0. The molecule has 4 aromatic heterocycles. The van der Waals surface area contributed by atoms with Crippen LogP contribution in [0, 0.1) is 43.4 Å². The monoisotopic (exact) mass is 1230 g/mol. The van der Waals surface area contributed by atoms with Gasteiger partial charge in [-0.1, -0.05) is 26.0 Å². The Morgan fingerprint density at radius 3 is 1.57 bits per heavy atom. The molecule has 0 aliphatic carbocycles. The average Bonchev–Trinajstić information content (AvgIpc) is 2.60. The number of thiazole rings is 2. The number of imidazole rings is 2. The van der Waals surface area contributed by atoms with Crippen molar-refractivity contribution in [2.24, 2.45) is 23.2 Å². The van der Waals surface area contributed by atoms with Crippen LogP contribution in [0.2, 0.25) is 0 Å². The fourth-order valence-corrected chi connectivity index (χ4v) is 18.0. The van der Waals surface area contributed by atoms with Gasteiger partial charge >= 0.3 is 11.9 Å². The number of carbonyl (C=O) groups excluding carboxylic acids is 4. The summed E-state index contributed by atoms with van der Waals surface area (Å²) in [6.07, 6.45) is 2.77. The van der Waals surface area contributed by atoms with E-state index in [0.717, 1.165) is 66.3 Å². The van der Waals surface area contributed by atoms with E-state index in [-0.39, 0.29) is 54.1 Å². The van der Waals surface area contributed by atoms with E-state index in [4.69, 9.17) is 9.47 Å². The third kappa shape index (κ3) is 9.02. The smallest absolute Gasteiger partial charge is 0.355 e. The van der Waals surface area contributed by atoms with Gasteiger partial charge in [0, 0.05) is 84.7 Å². The molecule has 8 atom stereocenters. The molecule has 0 spiro atoms. The molecular formula is C48H46N8O19S6. The molecule has 81 heavy (non-hydrogen) atoms. The summed E-state index contributed by atoms with van der Waals surface area (Å²) in [4.78, 5) is 90.8. The van der Waals surface area contributed by atoms with Crippen molar-refractivity contribution in [3.05, 3.63) is 113 Å². The Bertz CT molecular complexity index is 4220. The van der Waals surface area contributed by atoms with E-state index < -0.39 is 153 Å². The number of β-lactam (4-membered cyclic amide) rings is 2. The van der Waals surface area contributed by atoms with Crippen molar-refractivity contribution in [1.82, 2.24) is 28.6 Å². The molecule has 2 aromatic carbocycles. The zero-order valence-electron chi connectivity index (χ0n) is 43.6. The van der Waals surface area contributed by atoms with Crippen LogP contribution >= 0.6 is 22.7 Å². The van der Waals surface area contributed by atoms with Crippen molar-refractivity contribution >= 4 is 118 Å². The van der Waals surface area contributed by atoms with E-state index in [1.54, 1.807) is 13.8 Å². The molecule has 6 aromatic rings. The molecule has 0 radical (unpaired) electrons. The second-order valence-corrected chi connectivity index (χ2v) is 30.1. The van der Waals surface area contributed by atoms with E-state index in [1.807, 2.05) is 0 Å². The average molecular weight is 1230 g/mol. The van der Waals surface area contributed by atoms with Crippen molar-refractivity contribution in [3.8, 4) is 0 Å². The molecule has 4 aliphatic rings. The van der Waals surface area contributed by atoms with Gasteiger partial charge in [-0.05, 0) is 43.5 Å². The summed E-state index contributed by atoms with van der Waals surface area (Å²) in [7, 11) is -16.8. The molecule has 27 nitrogen and oxygen atoms in total. The van der Waals surface area contributed by atoms with Gasteiger partial charge in [-0.3, -0.25) is 38.6 Å². The molecule has 2 amide bonds. The Balaban J connectivity index is 1.04. The Hall–Kier alpha value is -7.30. The Kier molecular flexibility index (Phi) is 13.5. The summed E-state index contributed by atoms with van der Waals surface area (Å²) in [5, 5.41) is 32.0. The maximum atomic E-state index is 15.2. The third-order valence-corrected chi connectivity index (χ3v) is 21.4. The van der Waals surface area contributed by atoms with E-state index >= 15 is 4.79 Å². The highest BCUT2D eigenvalue weighted by Crippen LogP contribution is 2.59. The minimum Gasteiger partial charge on any atom is -0.457 e. The summed E-state index contributed by atoms with van der Waals surface area (Å²) in [6.45, 7) is 5.55. The molecule has 0 bridgehead atoms. The van der Waals surface area contributed by atoms with Gasteiger partial charge in [0.15, 0.2) is 29.7 Å². The van der Waals surface area contributed by atoms with Crippen LogP contribution in [0.3, 0.4) is 0 Å². The van der Waals surface area contributed by atoms with E-state index in [1.165, 1.54) is 74.8 Å². The number of hydrogen-bond donors (Lipinski definition) is 1. The number of esters is 2. The Morgan fingerprint density at radius 2 is 1.14 bits per heavy atom. The van der Waals surface area contributed by atoms with Crippen molar-refractivity contribution in [3.63, 3.8) is 0 Å². The van der Waals surface area contributed by atoms with Gasteiger partial charge in [0.05, 0.1) is 43.7 Å². The first-order chi connectivity index (χ1) is 37.6. The molecule has 2 saturated heterocycles. The summed E-state index contributed by atoms with van der Waals surface area (Å²) >= 11 is 1.50. The minimum absolute atomic E-state index is 0.0627. The highest BCUT2D eigenvalue weighted by atomic mass is 32.2. The summed E-state index contributed by atoms with van der Waals surface area (Å²) in [5.74, 6) is -6.89. The number of carbonyl (C=O) groups is 4. The standard InChI is InChI=1S/C48H46N8O19S6/c1-21-31(29-18-51-41(76-29)38(78(5,66)67)49-46(51)80(7,70)71)35(43(59)74-20-26-11-15-28(16-12-26)56(64)65)53-34(21)33(40(53)58)23(3)75-44(60)36-32(30-19-52-42(77-30)39(79(6,68)69)50-47(52)81(8,72)73)22(2)37-48(24(4)57,45(61)54(36)37)17-25-9-13-27(14-10-25)55(62)63/h9-16,18-19,21-24,33-34,37,57H,17,20H2,1-8H3/t21?,22-,23+,24+,33?,34-,37-,48+/m0/s1. The predicted octanol–water partition coefficient (Wildman–Crippen LogP) is 3.28. The molecule has 2 unspecified atom stereocenters. The van der Waals surface area contributed by atoms with Crippen LogP contribution in [0.1, 0.15) is 48.6 Å².